The average Bonchev–Trinajstić information content (AvgIpc) is 3.14. The van der Waals surface area contributed by atoms with Crippen molar-refractivity contribution in [3.8, 4) is 5.75 Å². The van der Waals surface area contributed by atoms with Gasteiger partial charge in [-0.2, -0.15) is 0 Å². The van der Waals surface area contributed by atoms with Crippen LogP contribution in [0.15, 0.2) is 35.1 Å². The maximum absolute atomic E-state index is 13.4. The molecular formula is C26H32F2N4O3. The number of para-hydroxylation sites is 1. The van der Waals surface area contributed by atoms with Gasteiger partial charge >= 0.3 is 0 Å². The number of carbonyl (C=O) groups excluding carboxylic acids is 1. The second-order valence-corrected chi connectivity index (χ2v) is 9.28. The molecule has 3 N–H and O–H groups in total. The van der Waals surface area contributed by atoms with Crippen LogP contribution in [0.5, 0.6) is 5.75 Å². The standard InChI is InChI=1S/C26H32F2N4O3/c1-14-11-22(35-4)19(25(33)31-14)13-30-26(34)23-16(3)32(21-8-6-5-7-18(21)23)15(2)17-9-10-29-20(12-17)24(27)28/h5-8,11,15,17,20,24,29H,9-10,12-13H2,1-4H3,(H,30,34)(H,31,33). The third-order valence-electron chi connectivity index (χ3n) is 7.13. The van der Waals surface area contributed by atoms with Crippen molar-refractivity contribution in [2.24, 2.45) is 5.92 Å². The van der Waals surface area contributed by atoms with Gasteiger partial charge in [-0.05, 0) is 58.2 Å². The molecule has 1 aliphatic rings. The number of nitrogens with zero attached hydrogens (tertiary/aromatic N) is 1. The van der Waals surface area contributed by atoms with E-state index in [-0.39, 0.29) is 30.0 Å². The number of ether oxygens (including phenoxy) is 1. The summed E-state index contributed by atoms with van der Waals surface area (Å²) in [6.07, 6.45) is -1.24. The molecule has 1 aliphatic heterocycles. The van der Waals surface area contributed by atoms with Crippen molar-refractivity contribution in [3.63, 3.8) is 0 Å². The molecule has 9 heteroatoms. The number of halogens is 2. The number of fused-ring (bicyclic) bond motifs is 1. The lowest BCUT2D eigenvalue weighted by molar-refractivity contribution is 0.0644. The Labute approximate surface area is 202 Å². The normalized spacial score (nSPS) is 19.2. The molecule has 3 unspecified atom stereocenters. The first-order valence-corrected chi connectivity index (χ1v) is 11.9. The summed E-state index contributed by atoms with van der Waals surface area (Å²) in [5.41, 5.74) is 2.88. The molecule has 1 aromatic carbocycles. The van der Waals surface area contributed by atoms with Crippen molar-refractivity contribution < 1.29 is 18.3 Å². The first-order chi connectivity index (χ1) is 16.7. The molecule has 0 aliphatic carbocycles. The highest BCUT2D eigenvalue weighted by atomic mass is 19.3. The van der Waals surface area contributed by atoms with Crippen LogP contribution in [0.3, 0.4) is 0 Å². The first kappa shape index (κ1) is 24.9. The molecule has 2 aromatic heterocycles. The molecule has 1 fully saturated rings. The number of carbonyl (C=O) groups is 1. The predicted molar refractivity (Wildman–Crippen MR) is 131 cm³/mol. The average molecular weight is 487 g/mol. The number of H-pyrrole nitrogens is 1. The second kappa shape index (κ2) is 10.2. The van der Waals surface area contributed by atoms with Gasteiger partial charge in [0.25, 0.3) is 17.9 Å². The number of pyridine rings is 1. The van der Waals surface area contributed by atoms with Gasteiger partial charge in [0.2, 0.25) is 0 Å². The molecule has 4 rings (SSSR count). The zero-order chi connectivity index (χ0) is 25.3. The van der Waals surface area contributed by atoms with Crippen LogP contribution >= 0.6 is 0 Å². The van der Waals surface area contributed by atoms with Crippen LogP contribution in [-0.2, 0) is 6.54 Å². The largest absolute Gasteiger partial charge is 0.496 e. The lowest BCUT2D eigenvalue weighted by atomic mass is 9.87. The van der Waals surface area contributed by atoms with E-state index in [0.29, 0.717) is 35.5 Å². The smallest absolute Gasteiger partial charge is 0.256 e. The fourth-order valence-corrected chi connectivity index (χ4v) is 5.32. The number of benzene rings is 1. The van der Waals surface area contributed by atoms with Crippen LogP contribution in [0.4, 0.5) is 8.78 Å². The zero-order valence-electron chi connectivity index (χ0n) is 20.5. The van der Waals surface area contributed by atoms with Crippen molar-refractivity contribution in [1.29, 1.82) is 0 Å². The third-order valence-corrected chi connectivity index (χ3v) is 7.13. The van der Waals surface area contributed by atoms with E-state index in [9.17, 15) is 18.4 Å². The van der Waals surface area contributed by atoms with Crippen LogP contribution in [0.1, 0.15) is 53.1 Å². The lowest BCUT2D eigenvalue weighted by Gasteiger charge is -2.35. The van der Waals surface area contributed by atoms with Crippen LogP contribution in [0.2, 0.25) is 0 Å². The fourth-order valence-electron chi connectivity index (χ4n) is 5.32. The highest BCUT2D eigenvalue weighted by Gasteiger charge is 2.33. The van der Waals surface area contributed by atoms with Crippen molar-refractivity contribution in [2.45, 2.75) is 58.7 Å². The number of alkyl halides is 2. The number of nitrogens with one attached hydrogen (secondary N) is 3. The Morgan fingerprint density at radius 3 is 2.74 bits per heavy atom. The molecular weight excluding hydrogens is 454 g/mol. The molecule has 35 heavy (non-hydrogen) atoms. The van der Waals surface area contributed by atoms with Gasteiger partial charge in [-0.1, -0.05) is 18.2 Å². The number of rotatable bonds is 7. The third kappa shape index (κ3) is 4.82. The summed E-state index contributed by atoms with van der Waals surface area (Å²) in [4.78, 5) is 28.6. The minimum Gasteiger partial charge on any atom is -0.496 e. The Kier molecular flexibility index (Phi) is 7.25. The highest BCUT2D eigenvalue weighted by Crippen LogP contribution is 2.36. The SMILES string of the molecule is COc1cc(C)[nH]c(=O)c1CNC(=O)c1c(C)n(C(C)C2CCNC(C(F)F)C2)c2ccccc12. The predicted octanol–water partition coefficient (Wildman–Crippen LogP) is 4.08. The number of hydrogen-bond donors (Lipinski definition) is 3. The number of aromatic amines is 1. The summed E-state index contributed by atoms with van der Waals surface area (Å²) >= 11 is 0. The van der Waals surface area contributed by atoms with Crippen LogP contribution in [-0.4, -0.2) is 41.6 Å². The quantitative estimate of drug-likeness (QED) is 0.470. The fraction of sp³-hybridized carbons (Fsp3) is 0.462. The van der Waals surface area contributed by atoms with Crippen molar-refractivity contribution in [1.82, 2.24) is 20.2 Å². The van der Waals surface area contributed by atoms with E-state index in [1.165, 1.54) is 7.11 Å². The molecule has 1 saturated heterocycles. The van der Waals surface area contributed by atoms with Crippen molar-refractivity contribution in [3.05, 3.63) is 63.2 Å². The monoisotopic (exact) mass is 486 g/mol. The number of amides is 1. The van der Waals surface area contributed by atoms with Gasteiger partial charge in [0.15, 0.2) is 0 Å². The van der Waals surface area contributed by atoms with E-state index in [2.05, 4.69) is 20.2 Å². The second-order valence-electron chi connectivity index (χ2n) is 9.28. The molecule has 3 aromatic rings. The van der Waals surface area contributed by atoms with Gasteiger partial charge in [0.1, 0.15) is 5.75 Å². The van der Waals surface area contributed by atoms with E-state index in [1.807, 2.05) is 38.1 Å². The summed E-state index contributed by atoms with van der Waals surface area (Å²) in [6, 6.07) is 8.47. The molecule has 3 atom stereocenters. The van der Waals surface area contributed by atoms with Gasteiger partial charge in [-0.3, -0.25) is 9.59 Å². The minimum atomic E-state index is -2.41. The Hall–Kier alpha value is -3.20. The number of methoxy groups -OCH3 is 1. The maximum atomic E-state index is 13.4. The maximum Gasteiger partial charge on any atom is 0.256 e. The van der Waals surface area contributed by atoms with Crippen LogP contribution in [0, 0.1) is 19.8 Å². The molecule has 0 saturated carbocycles. The van der Waals surface area contributed by atoms with Gasteiger partial charge in [0.05, 0.1) is 30.8 Å². The van der Waals surface area contributed by atoms with Crippen molar-refractivity contribution >= 4 is 16.8 Å². The molecule has 3 heterocycles. The lowest BCUT2D eigenvalue weighted by Crippen LogP contribution is -2.44. The topological polar surface area (TPSA) is 88.2 Å². The number of aryl methyl sites for hydroxylation is 1. The summed E-state index contributed by atoms with van der Waals surface area (Å²) in [7, 11) is 1.48. The number of piperidine rings is 1. The minimum absolute atomic E-state index is 0.0104. The molecule has 0 radical (unpaired) electrons. The van der Waals surface area contributed by atoms with Crippen molar-refractivity contribution in [2.75, 3.05) is 13.7 Å². The Balaban J connectivity index is 1.65. The van der Waals surface area contributed by atoms with Gasteiger partial charge < -0.3 is 24.9 Å². The van der Waals surface area contributed by atoms with E-state index in [4.69, 9.17) is 4.74 Å². The highest BCUT2D eigenvalue weighted by molar-refractivity contribution is 6.08. The van der Waals surface area contributed by atoms with E-state index >= 15 is 0 Å². The summed E-state index contributed by atoms with van der Waals surface area (Å²) in [6.45, 7) is 6.24. The first-order valence-electron chi connectivity index (χ1n) is 11.9. The van der Waals surface area contributed by atoms with E-state index in [1.54, 1.807) is 13.0 Å². The number of aromatic nitrogens is 2. The molecule has 0 bridgehead atoms. The van der Waals surface area contributed by atoms with E-state index < -0.39 is 12.5 Å². The Bertz CT molecular complexity index is 1280. The van der Waals surface area contributed by atoms with Gasteiger partial charge in [-0.25, -0.2) is 8.78 Å². The van der Waals surface area contributed by atoms with E-state index in [0.717, 1.165) is 23.0 Å². The molecule has 188 valence electrons. The summed E-state index contributed by atoms with van der Waals surface area (Å²) in [5, 5.41) is 6.58. The van der Waals surface area contributed by atoms with Gasteiger partial charge in [-0.15, -0.1) is 0 Å². The van der Waals surface area contributed by atoms with Gasteiger partial charge in [0, 0.05) is 28.3 Å². The Morgan fingerprint density at radius 1 is 1.29 bits per heavy atom. The Morgan fingerprint density at radius 2 is 2.03 bits per heavy atom. The molecule has 1 amide bonds. The summed E-state index contributed by atoms with van der Waals surface area (Å²) < 4.78 is 34.2. The van der Waals surface area contributed by atoms with Crippen LogP contribution < -0.4 is 20.9 Å². The summed E-state index contributed by atoms with van der Waals surface area (Å²) in [5.74, 6) is 0.164. The molecule has 0 spiro atoms. The zero-order valence-corrected chi connectivity index (χ0v) is 20.5. The number of hydrogen-bond acceptors (Lipinski definition) is 4. The van der Waals surface area contributed by atoms with Crippen LogP contribution in [0.25, 0.3) is 10.9 Å². The molecule has 7 nitrogen and oxygen atoms in total.